The molecule has 0 atom stereocenters. The van der Waals surface area contributed by atoms with Crippen LogP contribution >= 0.6 is 23.5 Å². The number of thioether (sulfide) groups is 2. The zero-order valence-electron chi connectivity index (χ0n) is 15.2. The largest absolute Gasteiger partial charge is 0.489 e. The van der Waals surface area contributed by atoms with Crippen LogP contribution in [0.2, 0.25) is 0 Å². The Bertz CT molecular complexity index is 1020. The van der Waals surface area contributed by atoms with Gasteiger partial charge in [-0.3, -0.25) is 4.79 Å². The zero-order chi connectivity index (χ0) is 19.3. The number of ether oxygens (including phenoxy) is 1. The van der Waals surface area contributed by atoms with Crippen molar-refractivity contribution in [2.75, 3.05) is 6.26 Å². The van der Waals surface area contributed by atoms with Gasteiger partial charge in [-0.25, -0.2) is 0 Å². The zero-order valence-corrected chi connectivity index (χ0v) is 16.9. The summed E-state index contributed by atoms with van der Waals surface area (Å²) in [5.74, 6) is 0.626. The summed E-state index contributed by atoms with van der Waals surface area (Å²) in [5.41, 5.74) is 3.19. The van der Waals surface area contributed by atoms with Crippen LogP contribution in [-0.2, 0) is 11.4 Å². The smallest absolute Gasteiger partial charge is 0.285 e. The van der Waals surface area contributed by atoms with Gasteiger partial charge in [0.2, 0.25) is 0 Å². The van der Waals surface area contributed by atoms with E-state index in [-0.39, 0.29) is 5.91 Å². The quantitative estimate of drug-likeness (QED) is 0.533. The average Bonchev–Trinajstić information content (AvgIpc) is 3.38. The number of nitrogens with zero attached hydrogens (tertiary/aromatic N) is 2. The number of benzene rings is 2. The highest BCUT2D eigenvalue weighted by Crippen LogP contribution is 2.32. The van der Waals surface area contributed by atoms with Crippen LogP contribution in [0, 0.1) is 0 Å². The lowest BCUT2D eigenvalue weighted by molar-refractivity contribution is -0.113. The highest BCUT2D eigenvalue weighted by molar-refractivity contribution is 8.40. The van der Waals surface area contributed by atoms with E-state index in [0.717, 1.165) is 26.9 Å². The van der Waals surface area contributed by atoms with Gasteiger partial charge < -0.3 is 9.30 Å². The molecule has 0 unspecified atom stereocenters. The van der Waals surface area contributed by atoms with Crippen molar-refractivity contribution in [2.24, 2.45) is 4.99 Å². The van der Waals surface area contributed by atoms with Crippen LogP contribution in [0.4, 0.5) is 0 Å². The second-order valence-electron chi connectivity index (χ2n) is 6.11. The topological polar surface area (TPSA) is 43.6 Å². The summed E-state index contributed by atoms with van der Waals surface area (Å²) < 4.78 is 8.74. The minimum absolute atomic E-state index is 0.168. The van der Waals surface area contributed by atoms with Crippen LogP contribution < -0.4 is 4.74 Å². The molecule has 1 aliphatic heterocycles. The lowest BCUT2D eigenvalue weighted by Gasteiger charge is -2.08. The summed E-state index contributed by atoms with van der Waals surface area (Å²) >= 11 is 2.90. The summed E-state index contributed by atoms with van der Waals surface area (Å²) in [4.78, 5) is 16.5. The van der Waals surface area contributed by atoms with E-state index in [4.69, 9.17) is 4.74 Å². The first kappa shape index (κ1) is 18.7. The number of carbonyl (C=O) groups is 1. The van der Waals surface area contributed by atoms with Crippen molar-refractivity contribution in [3.8, 4) is 11.4 Å². The number of amides is 1. The van der Waals surface area contributed by atoms with Gasteiger partial charge in [-0.05, 0) is 59.9 Å². The minimum Gasteiger partial charge on any atom is -0.489 e. The SMILES string of the molecule is CSC1=NC(=O)C(=Cc2ccc(OCc3ccc(-n4cccc4)cc3)cc2)S1. The third kappa shape index (κ3) is 4.40. The number of carbonyl (C=O) groups excluding carboxylic acids is 1. The molecule has 0 saturated heterocycles. The molecule has 4 rings (SSSR count). The number of rotatable bonds is 5. The second-order valence-corrected chi connectivity index (χ2v) is 8.20. The van der Waals surface area contributed by atoms with Crippen molar-refractivity contribution in [3.63, 3.8) is 0 Å². The van der Waals surface area contributed by atoms with Crippen molar-refractivity contribution in [1.82, 2.24) is 4.57 Å². The molecule has 0 spiro atoms. The third-order valence-corrected chi connectivity index (χ3v) is 6.17. The fraction of sp³-hybridized carbons (Fsp3) is 0.0909. The molecule has 0 bridgehead atoms. The average molecular weight is 407 g/mol. The maximum absolute atomic E-state index is 11.9. The standard InChI is InChI=1S/C22H18N2O2S2/c1-27-22-23-21(25)20(28-22)14-16-6-10-19(11-7-16)26-15-17-4-8-18(9-5-17)24-12-2-3-13-24/h2-14H,15H2,1H3. The third-order valence-electron chi connectivity index (χ3n) is 4.20. The van der Waals surface area contributed by atoms with Gasteiger partial charge in [-0.15, -0.1) is 11.8 Å². The van der Waals surface area contributed by atoms with Crippen LogP contribution in [0.1, 0.15) is 11.1 Å². The molecular formula is C22H18N2O2S2. The van der Waals surface area contributed by atoms with E-state index in [1.807, 2.05) is 61.1 Å². The molecule has 140 valence electrons. The Balaban J connectivity index is 1.35. The van der Waals surface area contributed by atoms with E-state index >= 15 is 0 Å². The van der Waals surface area contributed by atoms with Crippen molar-refractivity contribution >= 4 is 39.9 Å². The molecule has 0 saturated carbocycles. The van der Waals surface area contributed by atoms with Gasteiger partial charge in [0.05, 0.1) is 4.91 Å². The second kappa shape index (κ2) is 8.54. The number of aliphatic imine (C=N–C) groups is 1. The molecule has 2 aromatic carbocycles. The minimum atomic E-state index is -0.168. The van der Waals surface area contributed by atoms with Crippen LogP contribution in [0.3, 0.4) is 0 Å². The fourth-order valence-corrected chi connectivity index (χ4v) is 4.15. The Kier molecular flexibility index (Phi) is 5.69. The first-order valence-electron chi connectivity index (χ1n) is 8.73. The highest BCUT2D eigenvalue weighted by atomic mass is 32.2. The van der Waals surface area contributed by atoms with Gasteiger partial charge in [-0.1, -0.05) is 36.0 Å². The number of hydrogen-bond acceptors (Lipinski definition) is 4. The van der Waals surface area contributed by atoms with Crippen LogP contribution in [0.25, 0.3) is 11.8 Å². The first-order chi connectivity index (χ1) is 13.7. The summed E-state index contributed by atoms with van der Waals surface area (Å²) in [6.45, 7) is 0.506. The molecule has 28 heavy (non-hydrogen) atoms. The molecule has 2 heterocycles. The van der Waals surface area contributed by atoms with Gasteiger partial charge in [0.15, 0.2) is 0 Å². The van der Waals surface area contributed by atoms with Gasteiger partial charge in [0.1, 0.15) is 16.7 Å². The summed E-state index contributed by atoms with van der Waals surface area (Å²) in [5, 5.41) is 0. The molecule has 1 aromatic heterocycles. The molecule has 0 radical (unpaired) electrons. The van der Waals surface area contributed by atoms with E-state index in [1.165, 1.54) is 23.5 Å². The lowest BCUT2D eigenvalue weighted by Crippen LogP contribution is -1.96. The van der Waals surface area contributed by atoms with Crippen LogP contribution in [0.5, 0.6) is 5.75 Å². The van der Waals surface area contributed by atoms with E-state index in [0.29, 0.717) is 11.5 Å². The molecule has 1 aliphatic rings. The lowest BCUT2D eigenvalue weighted by atomic mass is 10.2. The Morgan fingerprint density at radius 1 is 1.07 bits per heavy atom. The van der Waals surface area contributed by atoms with Crippen molar-refractivity contribution in [1.29, 1.82) is 0 Å². The molecule has 0 N–H and O–H groups in total. The Morgan fingerprint density at radius 2 is 1.79 bits per heavy atom. The molecule has 4 nitrogen and oxygen atoms in total. The highest BCUT2D eigenvalue weighted by Gasteiger charge is 2.20. The first-order valence-corrected chi connectivity index (χ1v) is 10.8. The van der Waals surface area contributed by atoms with Crippen LogP contribution in [-0.4, -0.2) is 21.1 Å². The molecule has 3 aromatic rings. The fourth-order valence-electron chi connectivity index (χ4n) is 2.73. The Morgan fingerprint density at radius 3 is 2.43 bits per heavy atom. The predicted molar refractivity (Wildman–Crippen MR) is 118 cm³/mol. The molecule has 6 heteroatoms. The van der Waals surface area contributed by atoms with Gasteiger partial charge >= 0.3 is 0 Å². The van der Waals surface area contributed by atoms with Gasteiger partial charge in [0, 0.05) is 18.1 Å². The van der Waals surface area contributed by atoms with Crippen molar-refractivity contribution in [3.05, 3.63) is 89.1 Å². The normalized spacial score (nSPS) is 15.1. The molecule has 0 fully saturated rings. The van der Waals surface area contributed by atoms with Gasteiger partial charge in [-0.2, -0.15) is 4.99 Å². The van der Waals surface area contributed by atoms with Crippen molar-refractivity contribution in [2.45, 2.75) is 6.61 Å². The Labute approximate surface area is 172 Å². The monoisotopic (exact) mass is 406 g/mol. The van der Waals surface area contributed by atoms with E-state index in [2.05, 4.69) is 33.8 Å². The van der Waals surface area contributed by atoms with Crippen molar-refractivity contribution < 1.29 is 9.53 Å². The molecule has 0 aliphatic carbocycles. The predicted octanol–water partition coefficient (Wildman–Crippen LogP) is 5.39. The summed E-state index contributed by atoms with van der Waals surface area (Å²) in [6, 6.07) is 20.0. The molecular weight excluding hydrogens is 388 g/mol. The van der Waals surface area contributed by atoms with Gasteiger partial charge in [0.25, 0.3) is 5.91 Å². The number of hydrogen-bond donors (Lipinski definition) is 0. The summed E-state index contributed by atoms with van der Waals surface area (Å²) in [6.07, 6.45) is 7.83. The number of aromatic nitrogens is 1. The van der Waals surface area contributed by atoms with E-state index < -0.39 is 0 Å². The maximum Gasteiger partial charge on any atom is 0.285 e. The molecule has 1 amide bonds. The maximum atomic E-state index is 11.9. The summed E-state index contributed by atoms with van der Waals surface area (Å²) in [7, 11) is 0. The van der Waals surface area contributed by atoms with E-state index in [1.54, 1.807) is 0 Å². The Hall–Kier alpha value is -2.70. The van der Waals surface area contributed by atoms with E-state index in [9.17, 15) is 4.79 Å². The van der Waals surface area contributed by atoms with Crippen LogP contribution in [0.15, 0.2) is 83.0 Å².